The molecule has 2 aromatic rings. The van der Waals surface area contributed by atoms with Gasteiger partial charge in [-0.15, -0.1) is 0 Å². The number of carbonyl (C=O) groups excluding carboxylic acids is 2. The number of nitrogens with one attached hydrogen (secondary N) is 2. The average molecular weight is 522 g/mol. The second kappa shape index (κ2) is 8.56. The Labute approximate surface area is 207 Å². The first-order valence-electron chi connectivity index (χ1n) is 12.3. The van der Waals surface area contributed by atoms with E-state index in [-0.39, 0.29) is 28.9 Å². The van der Waals surface area contributed by atoms with Crippen molar-refractivity contribution in [1.29, 1.82) is 0 Å². The van der Waals surface area contributed by atoms with Gasteiger partial charge in [0.15, 0.2) is 5.82 Å². The van der Waals surface area contributed by atoms with E-state index >= 15 is 0 Å². The number of halogens is 1. The van der Waals surface area contributed by atoms with Gasteiger partial charge in [-0.2, -0.15) is 5.10 Å². The molecule has 3 aliphatic carbocycles. The molecule has 34 heavy (non-hydrogen) atoms. The molecule has 0 radical (unpaired) electrons. The van der Waals surface area contributed by atoms with Gasteiger partial charge in [-0.05, 0) is 77.6 Å². The predicted molar refractivity (Wildman–Crippen MR) is 133 cm³/mol. The first kappa shape index (κ1) is 21.9. The zero-order valence-corrected chi connectivity index (χ0v) is 20.6. The van der Waals surface area contributed by atoms with Crippen molar-refractivity contribution >= 4 is 45.2 Å². The van der Waals surface area contributed by atoms with Crippen LogP contribution in [0.1, 0.15) is 79.0 Å². The van der Waals surface area contributed by atoms with E-state index in [0.717, 1.165) is 40.7 Å². The molecule has 2 unspecified atom stereocenters. The Kier molecular flexibility index (Phi) is 5.51. The van der Waals surface area contributed by atoms with E-state index in [4.69, 9.17) is 4.99 Å². The number of aliphatic imine (C=N–C) groups is 1. The van der Waals surface area contributed by atoms with Crippen molar-refractivity contribution < 1.29 is 9.59 Å². The number of H-pyrrole nitrogens is 1. The van der Waals surface area contributed by atoms with Gasteiger partial charge in [0.05, 0.1) is 11.6 Å². The minimum absolute atomic E-state index is 0.0617. The largest absolute Gasteiger partial charge is 0.350 e. The van der Waals surface area contributed by atoms with Crippen LogP contribution in [0.15, 0.2) is 33.9 Å². The number of hydrogen-bond acceptors (Lipinski definition) is 5. The van der Waals surface area contributed by atoms with Crippen LogP contribution in [0.4, 0.5) is 5.82 Å². The molecule has 0 bridgehead atoms. The van der Waals surface area contributed by atoms with Crippen LogP contribution in [-0.2, 0) is 4.79 Å². The average Bonchev–Trinajstić information content (AvgIpc) is 3.40. The highest BCUT2D eigenvalue weighted by Crippen LogP contribution is 2.53. The number of amides is 1. The van der Waals surface area contributed by atoms with E-state index in [1.165, 1.54) is 25.7 Å². The van der Waals surface area contributed by atoms with Gasteiger partial charge in [0.25, 0.3) is 5.91 Å². The minimum atomic E-state index is -0.349. The van der Waals surface area contributed by atoms with Crippen LogP contribution in [0, 0.1) is 17.3 Å². The number of ketones is 1. The molecule has 0 saturated heterocycles. The van der Waals surface area contributed by atoms with E-state index in [0.29, 0.717) is 30.4 Å². The molecule has 1 spiro atoms. The van der Waals surface area contributed by atoms with Gasteiger partial charge in [-0.25, -0.2) is 4.99 Å². The first-order valence-corrected chi connectivity index (χ1v) is 13.1. The Bertz CT molecular complexity index is 1190. The fourth-order valence-corrected chi connectivity index (χ4v) is 6.21. The summed E-state index contributed by atoms with van der Waals surface area (Å²) >= 11 is 3.42. The van der Waals surface area contributed by atoms with Crippen molar-refractivity contribution in [3.8, 4) is 0 Å². The lowest BCUT2D eigenvalue weighted by Crippen LogP contribution is -2.43. The molecule has 176 valence electrons. The lowest BCUT2D eigenvalue weighted by molar-refractivity contribution is -0.124. The van der Waals surface area contributed by atoms with Crippen molar-refractivity contribution in [1.82, 2.24) is 20.5 Å². The molecule has 3 saturated carbocycles. The number of fused-ring (bicyclic) bond motifs is 2. The third kappa shape index (κ3) is 4.06. The highest BCUT2D eigenvalue weighted by molar-refractivity contribution is 9.10. The van der Waals surface area contributed by atoms with Crippen LogP contribution in [-0.4, -0.2) is 39.1 Å². The number of allylic oxidation sites excluding steroid dienone is 1. The van der Waals surface area contributed by atoms with Crippen LogP contribution in [0.5, 0.6) is 0 Å². The Morgan fingerprint density at radius 3 is 2.79 bits per heavy atom. The zero-order chi connectivity index (χ0) is 23.3. The molecule has 8 heteroatoms. The fourth-order valence-electron chi connectivity index (χ4n) is 5.98. The molecule has 2 N–H and O–H groups in total. The third-order valence-electron chi connectivity index (χ3n) is 7.90. The van der Waals surface area contributed by atoms with Gasteiger partial charge in [0.2, 0.25) is 0 Å². The number of pyridine rings is 1. The number of rotatable bonds is 5. The monoisotopic (exact) mass is 521 g/mol. The number of Topliss-reactive ketones (excluding diaryl/α,β-unsaturated/α-hetero) is 1. The number of nitrogens with zero attached hydrogens (tertiary/aromatic N) is 3. The molecule has 0 aromatic carbocycles. The maximum atomic E-state index is 13.6. The van der Waals surface area contributed by atoms with Crippen LogP contribution in [0.2, 0.25) is 0 Å². The van der Waals surface area contributed by atoms with Crippen molar-refractivity contribution in [3.63, 3.8) is 0 Å². The summed E-state index contributed by atoms with van der Waals surface area (Å²) in [5, 5.41) is 10.4. The molecule has 6 rings (SSSR count). The SMILES string of the molecule is O=C(NCC1CC1)c1[nH]nc2c1C(/C=C/c1ccc(Br)cn1)C1C(=O)CC3(CCCC3)CC1=N2. The van der Waals surface area contributed by atoms with E-state index < -0.39 is 0 Å². The normalized spacial score (nSPS) is 25.3. The third-order valence-corrected chi connectivity index (χ3v) is 8.37. The Hall–Kier alpha value is -2.61. The highest BCUT2D eigenvalue weighted by Gasteiger charge is 2.50. The summed E-state index contributed by atoms with van der Waals surface area (Å²) in [6.07, 6.45) is 14.0. The molecular formula is C26H28BrN5O2. The van der Waals surface area contributed by atoms with Crippen LogP contribution in [0.25, 0.3) is 6.08 Å². The van der Waals surface area contributed by atoms with Crippen molar-refractivity contribution in [2.75, 3.05) is 6.54 Å². The van der Waals surface area contributed by atoms with Crippen molar-refractivity contribution in [2.24, 2.45) is 22.2 Å². The molecule has 1 aliphatic heterocycles. The van der Waals surface area contributed by atoms with Gasteiger partial charge in [-0.1, -0.05) is 18.9 Å². The summed E-state index contributed by atoms with van der Waals surface area (Å²) < 4.78 is 0.910. The quantitative estimate of drug-likeness (QED) is 0.569. The van der Waals surface area contributed by atoms with Crippen molar-refractivity contribution in [2.45, 2.75) is 57.3 Å². The van der Waals surface area contributed by atoms with Gasteiger partial charge in [0.1, 0.15) is 11.5 Å². The molecule has 2 aromatic heterocycles. The Morgan fingerprint density at radius 1 is 1.24 bits per heavy atom. The molecule has 2 atom stereocenters. The number of carbonyl (C=O) groups is 2. The second-order valence-corrected chi connectivity index (χ2v) is 11.3. The summed E-state index contributed by atoms with van der Waals surface area (Å²) in [5.41, 5.74) is 2.94. The van der Waals surface area contributed by atoms with Gasteiger partial charge < -0.3 is 5.32 Å². The smallest absolute Gasteiger partial charge is 0.269 e. The molecular weight excluding hydrogens is 494 g/mol. The second-order valence-electron chi connectivity index (χ2n) is 10.4. The zero-order valence-electron chi connectivity index (χ0n) is 19.0. The van der Waals surface area contributed by atoms with E-state index in [9.17, 15) is 9.59 Å². The Morgan fingerprint density at radius 2 is 2.06 bits per heavy atom. The Balaban J connectivity index is 1.38. The topological polar surface area (TPSA) is 100 Å². The summed E-state index contributed by atoms with van der Waals surface area (Å²) in [5.74, 6) is 0.548. The van der Waals surface area contributed by atoms with Crippen LogP contribution >= 0.6 is 15.9 Å². The lowest BCUT2D eigenvalue weighted by Gasteiger charge is -2.41. The van der Waals surface area contributed by atoms with E-state index in [1.54, 1.807) is 6.20 Å². The maximum Gasteiger partial charge on any atom is 0.269 e. The van der Waals surface area contributed by atoms with Gasteiger partial charge in [0, 0.05) is 40.8 Å². The number of hydrogen-bond donors (Lipinski definition) is 2. The van der Waals surface area contributed by atoms with Gasteiger partial charge >= 0.3 is 0 Å². The van der Waals surface area contributed by atoms with Crippen LogP contribution in [0.3, 0.4) is 0 Å². The highest BCUT2D eigenvalue weighted by atomic mass is 79.9. The molecule has 3 fully saturated rings. The predicted octanol–water partition coefficient (Wildman–Crippen LogP) is 5.13. The van der Waals surface area contributed by atoms with Gasteiger partial charge in [-0.3, -0.25) is 19.7 Å². The first-order chi connectivity index (χ1) is 16.5. The summed E-state index contributed by atoms with van der Waals surface area (Å²) in [6.45, 7) is 0.676. The molecule has 7 nitrogen and oxygen atoms in total. The lowest BCUT2D eigenvalue weighted by atomic mass is 9.63. The summed E-state index contributed by atoms with van der Waals surface area (Å²) in [7, 11) is 0. The van der Waals surface area contributed by atoms with E-state index in [2.05, 4.69) is 36.4 Å². The summed E-state index contributed by atoms with van der Waals surface area (Å²) in [4.78, 5) is 36.0. The number of aromatic amines is 1. The standard InChI is InChI=1S/C26H28BrN5O2/c27-16-5-6-17(28-14-16)7-8-18-21-19(11-26(12-20(21)33)9-1-2-10-26)30-24-22(18)23(31-32-24)25(34)29-13-15-3-4-15/h5-8,14-15,18,21H,1-4,9-13H2,(H,29,34)(H,31,32)/b8-7+. The van der Waals surface area contributed by atoms with E-state index in [1.807, 2.05) is 24.3 Å². The maximum absolute atomic E-state index is 13.6. The minimum Gasteiger partial charge on any atom is -0.350 e. The molecule has 4 aliphatic rings. The fraction of sp³-hybridized carbons (Fsp3) is 0.500. The van der Waals surface area contributed by atoms with Crippen molar-refractivity contribution in [3.05, 3.63) is 45.8 Å². The molecule has 1 amide bonds. The number of aromatic nitrogens is 3. The van der Waals surface area contributed by atoms with Crippen LogP contribution < -0.4 is 5.32 Å². The summed E-state index contributed by atoms with van der Waals surface area (Å²) in [6, 6.07) is 3.87. The molecule has 3 heterocycles.